The zero-order valence-corrected chi connectivity index (χ0v) is 12.4. The van der Waals surface area contributed by atoms with Crippen molar-refractivity contribution in [1.82, 2.24) is 14.8 Å². The van der Waals surface area contributed by atoms with Gasteiger partial charge in [0.15, 0.2) is 5.16 Å². The molecule has 20 heavy (non-hydrogen) atoms. The first-order valence-electron chi connectivity index (χ1n) is 6.15. The molecule has 1 aromatic carbocycles. The van der Waals surface area contributed by atoms with E-state index in [4.69, 9.17) is 5.73 Å². The van der Waals surface area contributed by atoms with Crippen LogP contribution in [0.25, 0.3) is 0 Å². The van der Waals surface area contributed by atoms with E-state index in [0.29, 0.717) is 10.8 Å². The summed E-state index contributed by atoms with van der Waals surface area (Å²) in [6.45, 7) is 3.71. The molecule has 0 fully saturated rings. The van der Waals surface area contributed by atoms with Crippen molar-refractivity contribution in [3.63, 3.8) is 0 Å². The molecule has 106 valence electrons. The summed E-state index contributed by atoms with van der Waals surface area (Å²) in [5, 5.41) is 11.1. The Morgan fingerprint density at radius 1 is 1.50 bits per heavy atom. The summed E-state index contributed by atoms with van der Waals surface area (Å²) in [5.41, 5.74) is 8.10. The molecule has 0 aliphatic rings. The summed E-state index contributed by atoms with van der Waals surface area (Å²) in [5.74, 6) is -0.0910. The molecule has 0 aliphatic heterocycles. The largest absolute Gasteiger partial charge is 0.398 e. The highest BCUT2D eigenvalue weighted by atomic mass is 32.2. The first-order chi connectivity index (χ1) is 9.49. The summed E-state index contributed by atoms with van der Waals surface area (Å²) < 4.78 is 1.78. The molecule has 0 bridgehead atoms. The van der Waals surface area contributed by atoms with Gasteiger partial charge in [-0.25, -0.2) is 0 Å². The number of carbonyl (C=O) groups excluding carboxylic acids is 1. The van der Waals surface area contributed by atoms with Crippen LogP contribution < -0.4 is 11.1 Å². The van der Waals surface area contributed by atoms with Gasteiger partial charge in [0, 0.05) is 18.4 Å². The highest BCUT2D eigenvalue weighted by molar-refractivity contribution is 8.00. The quantitative estimate of drug-likeness (QED) is 0.663. The van der Waals surface area contributed by atoms with Crippen LogP contribution in [-0.2, 0) is 11.8 Å². The molecule has 7 heteroatoms. The maximum Gasteiger partial charge on any atom is 0.237 e. The number of hydrogen-bond donors (Lipinski definition) is 2. The fraction of sp³-hybridized carbons (Fsp3) is 0.308. The van der Waals surface area contributed by atoms with Gasteiger partial charge in [0.05, 0.1) is 5.25 Å². The predicted octanol–water partition coefficient (Wildman–Crippen LogP) is 1.83. The zero-order valence-electron chi connectivity index (χ0n) is 11.6. The Morgan fingerprint density at radius 3 is 2.90 bits per heavy atom. The van der Waals surface area contributed by atoms with E-state index in [1.807, 2.05) is 39.1 Å². The van der Waals surface area contributed by atoms with Crippen LogP contribution in [0.15, 0.2) is 29.7 Å². The van der Waals surface area contributed by atoms with Crippen molar-refractivity contribution in [1.29, 1.82) is 0 Å². The molecule has 0 spiro atoms. The number of thioether (sulfide) groups is 1. The number of carbonyl (C=O) groups is 1. The van der Waals surface area contributed by atoms with E-state index < -0.39 is 0 Å². The van der Waals surface area contributed by atoms with E-state index in [9.17, 15) is 4.79 Å². The lowest BCUT2D eigenvalue weighted by molar-refractivity contribution is -0.115. The second-order valence-electron chi connectivity index (χ2n) is 4.49. The molecule has 1 atom stereocenters. The van der Waals surface area contributed by atoms with Crippen molar-refractivity contribution >= 4 is 29.0 Å². The number of nitrogens with zero attached hydrogens (tertiary/aromatic N) is 3. The first kappa shape index (κ1) is 14.4. The average Bonchev–Trinajstić information content (AvgIpc) is 2.80. The molecule has 0 radical (unpaired) electrons. The minimum atomic E-state index is -0.279. The first-order valence-corrected chi connectivity index (χ1v) is 7.03. The van der Waals surface area contributed by atoms with Gasteiger partial charge in [-0.05, 0) is 31.5 Å². The lowest BCUT2D eigenvalue weighted by Gasteiger charge is -2.13. The third-order valence-corrected chi connectivity index (χ3v) is 4.10. The summed E-state index contributed by atoms with van der Waals surface area (Å²) in [6, 6.07) is 5.46. The number of nitrogen functional groups attached to an aromatic ring is 1. The van der Waals surface area contributed by atoms with E-state index in [1.54, 1.807) is 10.9 Å². The summed E-state index contributed by atoms with van der Waals surface area (Å²) in [6.07, 6.45) is 1.61. The van der Waals surface area contributed by atoms with Crippen LogP contribution in [0.1, 0.15) is 12.5 Å². The number of aryl methyl sites for hydroxylation is 1. The number of amides is 1. The second kappa shape index (κ2) is 5.96. The Kier molecular flexibility index (Phi) is 4.29. The van der Waals surface area contributed by atoms with Gasteiger partial charge < -0.3 is 15.6 Å². The minimum Gasteiger partial charge on any atom is -0.398 e. The highest BCUT2D eigenvalue weighted by Crippen LogP contribution is 2.24. The number of rotatable bonds is 4. The molecule has 1 amide bonds. The SMILES string of the molecule is Cc1c(N)cccc1NC(=O)C(C)Sc1nncn1C. The van der Waals surface area contributed by atoms with Crippen LogP contribution >= 0.6 is 11.8 Å². The van der Waals surface area contributed by atoms with Crippen LogP contribution in [0.4, 0.5) is 11.4 Å². The summed E-state index contributed by atoms with van der Waals surface area (Å²) >= 11 is 1.36. The van der Waals surface area contributed by atoms with E-state index in [-0.39, 0.29) is 11.2 Å². The topological polar surface area (TPSA) is 85.8 Å². The van der Waals surface area contributed by atoms with Crippen molar-refractivity contribution in [2.45, 2.75) is 24.3 Å². The molecule has 0 aliphatic carbocycles. The van der Waals surface area contributed by atoms with Gasteiger partial charge >= 0.3 is 0 Å². The van der Waals surface area contributed by atoms with Crippen molar-refractivity contribution < 1.29 is 4.79 Å². The molecule has 1 aromatic heterocycles. The van der Waals surface area contributed by atoms with E-state index in [0.717, 1.165) is 11.3 Å². The van der Waals surface area contributed by atoms with Gasteiger partial charge in [-0.3, -0.25) is 4.79 Å². The van der Waals surface area contributed by atoms with Crippen LogP contribution in [-0.4, -0.2) is 25.9 Å². The fourth-order valence-electron chi connectivity index (χ4n) is 1.61. The summed E-state index contributed by atoms with van der Waals surface area (Å²) in [4.78, 5) is 12.2. The van der Waals surface area contributed by atoms with Crippen molar-refractivity contribution in [3.8, 4) is 0 Å². The number of nitrogens with two attached hydrogens (primary N) is 1. The normalized spacial score (nSPS) is 12.2. The van der Waals surface area contributed by atoms with Gasteiger partial charge in [0.2, 0.25) is 5.91 Å². The van der Waals surface area contributed by atoms with Crippen molar-refractivity contribution in [2.24, 2.45) is 7.05 Å². The molecule has 0 saturated heterocycles. The molecule has 3 N–H and O–H groups in total. The lowest BCUT2D eigenvalue weighted by Crippen LogP contribution is -2.23. The van der Waals surface area contributed by atoms with E-state index >= 15 is 0 Å². The van der Waals surface area contributed by atoms with E-state index in [1.165, 1.54) is 11.8 Å². The molecule has 6 nitrogen and oxygen atoms in total. The number of hydrogen-bond acceptors (Lipinski definition) is 5. The molecular weight excluding hydrogens is 274 g/mol. The highest BCUT2D eigenvalue weighted by Gasteiger charge is 2.18. The predicted molar refractivity (Wildman–Crippen MR) is 80.5 cm³/mol. The fourth-order valence-corrected chi connectivity index (χ4v) is 2.40. The van der Waals surface area contributed by atoms with Gasteiger partial charge in [-0.1, -0.05) is 17.8 Å². The Morgan fingerprint density at radius 2 is 2.25 bits per heavy atom. The van der Waals surface area contributed by atoms with Crippen molar-refractivity contribution in [3.05, 3.63) is 30.1 Å². The maximum absolute atomic E-state index is 12.2. The Hall–Kier alpha value is -2.02. The van der Waals surface area contributed by atoms with Crippen LogP contribution in [0.5, 0.6) is 0 Å². The monoisotopic (exact) mass is 291 g/mol. The Balaban J connectivity index is 2.04. The Bertz CT molecular complexity index is 625. The van der Waals surface area contributed by atoms with Crippen molar-refractivity contribution in [2.75, 3.05) is 11.1 Å². The second-order valence-corrected chi connectivity index (χ2v) is 5.80. The smallest absolute Gasteiger partial charge is 0.237 e. The molecular formula is C13H17N5OS. The number of nitrogens with one attached hydrogen (secondary N) is 1. The molecule has 2 aromatic rings. The molecule has 0 saturated carbocycles. The Labute approximate surface area is 121 Å². The third-order valence-electron chi connectivity index (χ3n) is 2.95. The van der Waals surface area contributed by atoms with Gasteiger partial charge in [0.25, 0.3) is 0 Å². The van der Waals surface area contributed by atoms with E-state index in [2.05, 4.69) is 15.5 Å². The molecule has 1 heterocycles. The maximum atomic E-state index is 12.2. The minimum absolute atomic E-state index is 0.0910. The van der Waals surface area contributed by atoms with Crippen LogP contribution in [0, 0.1) is 6.92 Å². The molecule has 2 rings (SSSR count). The molecule has 1 unspecified atom stereocenters. The summed E-state index contributed by atoms with van der Waals surface area (Å²) in [7, 11) is 1.84. The third kappa shape index (κ3) is 3.11. The number of anilines is 2. The zero-order chi connectivity index (χ0) is 14.7. The van der Waals surface area contributed by atoms with Gasteiger partial charge in [-0.2, -0.15) is 0 Å². The number of aromatic nitrogens is 3. The average molecular weight is 291 g/mol. The lowest BCUT2D eigenvalue weighted by atomic mass is 10.1. The van der Waals surface area contributed by atoms with Gasteiger partial charge in [-0.15, -0.1) is 10.2 Å². The van der Waals surface area contributed by atoms with Crippen LogP contribution in [0.3, 0.4) is 0 Å². The van der Waals surface area contributed by atoms with Gasteiger partial charge in [0.1, 0.15) is 6.33 Å². The standard InChI is InChI=1S/C13H17N5OS/c1-8-10(14)5-4-6-11(8)16-12(19)9(2)20-13-17-15-7-18(13)3/h4-7,9H,14H2,1-3H3,(H,16,19). The number of benzene rings is 1. The van der Waals surface area contributed by atoms with Crippen LogP contribution in [0.2, 0.25) is 0 Å².